The summed E-state index contributed by atoms with van der Waals surface area (Å²) < 4.78 is 0. The van der Waals surface area contributed by atoms with Crippen molar-refractivity contribution in [2.75, 3.05) is 13.1 Å². The van der Waals surface area contributed by atoms with Gasteiger partial charge in [-0.05, 0) is 36.8 Å². The summed E-state index contributed by atoms with van der Waals surface area (Å²) in [6.45, 7) is 9.48. The number of nitrogens with zero attached hydrogens (tertiary/aromatic N) is 1. The topological polar surface area (TPSA) is 49.4 Å². The van der Waals surface area contributed by atoms with E-state index in [9.17, 15) is 9.59 Å². The van der Waals surface area contributed by atoms with E-state index in [0.29, 0.717) is 6.42 Å². The minimum Gasteiger partial charge on any atom is -0.353 e. The van der Waals surface area contributed by atoms with E-state index in [0.717, 1.165) is 38.8 Å². The fourth-order valence-corrected chi connectivity index (χ4v) is 3.20. The van der Waals surface area contributed by atoms with Crippen LogP contribution in [-0.2, 0) is 22.4 Å². The van der Waals surface area contributed by atoms with Crippen molar-refractivity contribution in [2.24, 2.45) is 5.41 Å². The van der Waals surface area contributed by atoms with Gasteiger partial charge in [-0.15, -0.1) is 0 Å². The lowest BCUT2D eigenvalue weighted by Gasteiger charge is -2.36. The van der Waals surface area contributed by atoms with E-state index in [-0.39, 0.29) is 23.3 Å². The van der Waals surface area contributed by atoms with Crippen LogP contribution in [0.2, 0.25) is 0 Å². The lowest BCUT2D eigenvalue weighted by molar-refractivity contribution is -0.140. The molecule has 0 bridgehead atoms. The summed E-state index contributed by atoms with van der Waals surface area (Å²) in [5, 5.41) is 3.13. The molecule has 25 heavy (non-hydrogen) atoms. The molecule has 1 aliphatic rings. The highest BCUT2D eigenvalue weighted by Crippen LogP contribution is 2.21. The van der Waals surface area contributed by atoms with Gasteiger partial charge in [-0.25, -0.2) is 0 Å². The first-order valence-electron chi connectivity index (χ1n) is 9.46. The molecule has 2 amide bonds. The van der Waals surface area contributed by atoms with E-state index < -0.39 is 0 Å². The molecule has 1 saturated heterocycles. The molecule has 0 spiro atoms. The summed E-state index contributed by atoms with van der Waals surface area (Å²) in [5.41, 5.74) is 2.20. The minimum absolute atomic E-state index is 0.111. The number of aryl methyl sites for hydroxylation is 2. The van der Waals surface area contributed by atoms with Gasteiger partial charge in [0, 0.05) is 31.0 Å². The zero-order chi connectivity index (χ0) is 18.4. The van der Waals surface area contributed by atoms with Crippen LogP contribution in [0, 0.1) is 5.41 Å². The molecule has 0 atom stereocenters. The van der Waals surface area contributed by atoms with Crippen LogP contribution in [-0.4, -0.2) is 35.8 Å². The van der Waals surface area contributed by atoms with Crippen LogP contribution in [0.3, 0.4) is 0 Å². The molecule has 0 radical (unpaired) electrons. The van der Waals surface area contributed by atoms with Crippen molar-refractivity contribution in [1.29, 1.82) is 0 Å². The number of benzene rings is 1. The number of rotatable bonds is 5. The van der Waals surface area contributed by atoms with Crippen LogP contribution >= 0.6 is 0 Å². The molecule has 1 N–H and O–H groups in total. The van der Waals surface area contributed by atoms with Crippen molar-refractivity contribution in [1.82, 2.24) is 10.2 Å². The van der Waals surface area contributed by atoms with Gasteiger partial charge in [0.25, 0.3) is 0 Å². The lowest BCUT2D eigenvalue weighted by atomic mass is 9.93. The van der Waals surface area contributed by atoms with Crippen LogP contribution < -0.4 is 5.32 Å². The van der Waals surface area contributed by atoms with Crippen LogP contribution in [0.25, 0.3) is 0 Å². The molecule has 1 aliphatic heterocycles. The van der Waals surface area contributed by atoms with Gasteiger partial charge in [-0.1, -0.05) is 52.0 Å². The number of likely N-dealkylation sites (tertiary alicyclic amines) is 1. The Labute approximate surface area is 152 Å². The van der Waals surface area contributed by atoms with Crippen molar-refractivity contribution in [3.05, 3.63) is 35.4 Å². The molecule has 138 valence electrons. The molecule has 4 heteroatoms. The van der Waals surface area contributed by atoms with Gasteiger partial charge >= 0.3 is 0 Å². The molecular formula is C21H32N2O2. The molecular weight excluding hydrogens is 312 g/mol. The van der Waals surface area contributed by atoms with E-state index in [2.05, 4.69) is 36.5 Å². The highest BCUT2D eigenvalue weighted by Gasteiger charge is 2.30. The maximum absolute atomic E-state index is 12.3. The summed E-state index contributed by atoms with van der Waals surface area (Å²) in [6, 6.07) is 8.69. The van der Waals surface area contributed by atoms with Crippen molar-refractivity contribution < 1.29 is 9.59 Å². The van der Waals surface area contributed by atoms with E-state index >= 15 is 0 Å². The number of carbonyl (C=O) groups is 2. The fourth-order valence-electron chi connectivity index (χ4n) is 3.20. The third kappa shape index (κ3) is 5.87. The Balaban J connectivity index is 1.72. The summed E-state index contributed by atoms with van der Waals surface area (Å²) in [7, 11) is 0. The van der Waals surface area contributed by atoms with E-state index in [1.165, 1.54) is 11.1 Å². The van der Waals surface area contributed by atoms with Gasteiger partial charge < -0.3 is 10.2 Å². The molecule has 4 nitrogen and oxygen atoms in total. The first-order valence-corrected chi connectivity index (χ1v) is 9.46. The summed E-state index contributed by atoms with van der Waals surface area (Å²) in [5.74, 6) is 0.313. The largest absolute Gasteiger partial charge is 0.353 e. The average molecular weight is 344 g/mol. The first-order chi connectivity index (χ1) is 11.8. The second kappa shape index (κ2) is 8.50. The summed E-state index contributed by atoms with van der Waals surface area (Å²) >= 11 is 0. The fraction of sp³-hybridized carbons (Fsp3) is 0.619. The van der Waals surface area contributed by atoms with Gasteiger partial charge in [-0.3, -0.25) is 9.59 Å². The van der Waals surface area contributed by atoms with E-state index in [1.807, 2.05) is 25.7 Å². The highest BCUT2D eigenvalue weighted by atomic mass is 16.2. The van der Waals surface area contributed by atoms with Crippen LogP contribution in [0.15, 0.2) is 24.3 Å². The number of carbonyl (C=O) groups excluding carboxylic acids is 2. The Morgan fingerprint density at radius 3 is 2.16 bits per heavy atom. The minimum atomic E-state index is -0.330. The van der Waals surface area contributed by atoms with E-state index in [1.54, 1.807) is 0 Å². The third-order valence-corrected chi connectivity index (χ3v) is 4.86. The van der Waals surface area contributed by atoms with Gasteiger partial charge in [0.15, 0.2) is 0 Å². The molecule has 2 rings (SSSR count). The van der Waals surface area contributed by atoms with Crippen molar-refractivity contribution in [2.45, 2.75) is 65.8 Å². The Bertz CT molecular complexity index is 579. The Hall–Kier alpha value is -1.84. The Kier molecular flexibility index (Phi) is 6.63. The monoisotopic (exact) mass is 344 g/mol. The number of hydrogen-bond acceptors (Lipinski definition) is 2. The third-order valence-electron chi connectivity index (χ3n) is 4.86. The second-order valence-corrected chi connectivity index (χ2v) is 8.05. The smallest absolute Gasteiger partial charge is 0.227 e. The Morgan fingerprint density at radius 1 is 1.08 bits per heavy atom. The maximum atomic E-state index is 12.3. The summed E-state index contributed by atoms with van der Waals surface area (Å²) in [4.78, 5) is 26.4. The van der Waals surface area contributed by atoms with Gasteiger partial charge in [0.05, 0.1) is 0 Å². The lowest BCUT2D eigenvalue weighted by Crippen LogP contribution is -2.49. The first kappa shape index (κ1) is 19.5. The molecule has 1 fully saturated rings. The normalized spacial score (nSPS) is 15.9. The molecule has 1 heterocycles. The van der Waals surface area contributed by atoms with E-state index in [4.69, 9.17) is 0 Å². The second-order valence-electron chi connectivity index (χ2n) is 8.05. The van der Waals surface area contributed by atoms with Crippen LogP contribution in [0.4, 0.5) is 0 Å². The molecule has 0 unspecified atom stereocenters. The zero-order valence-corrected chi connectivity index (χ0v) is 16.1. The van der Waals surface area contributed by atoms with Crippen molar-refractivity contribution in [3.63, 3.8) is 0 Å². The predicted octanol–water partition coefficient (Wildman–Crippen LogP) is 3.33. The van der Waals surface area contributed by atoms with Gasteiger partial charge in [0.2, 0.25) is 11.8 Å². The number of piperidine rings is 1. The highest BCUT2D eigenvalue weighted by molar-refractivity contribution is 5.81. The van der Waals surface area contributed by atoms with Crippen molar-refractivity contribution >= 4 is 11.8 Å². The number of nitrogens with one attached hydrogen (secondary N) is 1. The Morgan fingerprint density at radius 2 is 1.64 bits per heavy atom. The molecule has 0 aliphatic carbocycles. The summed E-state index contributed by atoms with van der Waals surface area (Å²) in [6.07, 6.45) is 4.03. The van der Waals surface area contributed by atoms with Crippen molar-refractivity contribution in [3.8, 4) is 0 Å². The quantitative estimate of drug-likeness (QED) is 0.891. The SMILES string of the molecule is CCc1ccc(CCC(=O)NC2CCN(C(=O)C(C)(C)C)CC2)cc1. The van der Waals surface area contributed by atoms with Crippen LogP contribution in [0.5, 0.6) is 0 Å². The van der Waals surface area contributed by atoms with Crippen LogP contribution in [0.1, 0.15) is 58.1 Å². The molecule has 1 aromatic rings. The van der Waals surface area contributed by atoms with Gasteiger partial charge in [0.1, 0.15) is 0 Å². The maximum Gasteiger partial charge on any atom is 0.227 e. The molecule has 1 aromatic carbocycles. The predicted molar refractivity (Wildman–Crippen MR) is 101 cm³/mol. The zero-order valence-electron chi connectivity index (χ0n) is 16.1. The van der Waals surface area contributed by atoms with Gasteiger partial charge in [-0.2, -0.15) is 0 Å². The number of amides is 2. The number of hydrogen-bond donors (Lipinski definition) is 1. The molecule has 0 saturated carbocycles. The molecule has 0 aromatic heterocycles. The standard InChI is InChI=1S/C21H32N2O2/c1-5-16-6-8-17(9-7-16)10-11-19(24)22-18-12-14-23(15-13-18)20(25)21(2,3)4/h6-9,18H,5,10-15H2,1-4H3,(H,22,24). The average Bonchev–Trinajstić information content (AvgIpc) is 2.59.